The van der Waals surface area contributed by atoms with E-state index in [1.807, 2.05) is 34.9 Å². The Morgan fingerprint density at radius 1 is 1.50 bits per heavy atom. The average Bonchev–Trinajstić information content (AvgIpc) is 2.74. The number of thioether (sulfide) groups is 1. The van der Waals surface area contributed by atoms with E-state index in [0.717, 1.165) is 16.6 Å². The number of aromatic nitrogens is 3. The third kappa shape index (κ3) is 2.46. The van der Waals surface area contributed by atoms with Crippen LogP contribution in [0.2, 0.25) is 5.02 Å². The van der Waals surface area contributed by atoms with Crippen LogP contribution >= 0.6 is 23.4 Å². The van der Waals surface area contributed by atoms with E-state index < -0.39 is 0 Å². The fourth-order valence-corrected chi connectivity index (χ4v) is 2.11. The molecule has 2 rings (SSSR count). The Labute approximate surface area is 103 Å². The molecule has 0 aliphatic carbocycles. The fraction of sp³-hybridized carbons (Fsp3) is 0.0909. The van der Waals surface area contributed by atoms with E-state index in [0.29, 0.717) is 5.02 Å². The topological polar surface area (TPSA) is 30.7 Å². The molecule has 16 heavy (non-hydrogen) atoms. The van der Waals surface area contributed by atoms with Gasteiger partial charge in [0, 0.05) is 10.8 Å². The van der Waals surface area contributed by atoms with E-state index in [-0.39, 0.29) is 0 Å². The smallest absolute Gasteiger partial charge is 0.195 e. The lowest BCUT2D eigenvalue weighted by Crippen LogP contribution is -1.94. The molecule has 1 heterocycles. The summed E-state index contributed by atoms with van der Waals surface area (Å²) in [6.45, 7) is 3.68. The maximum atomic E-state index is 5.94. The molecule has 1 aromatic heterocycles. The lowest BCUT2D eigenvalue weighted by atomic mass is 10.3. The summed E-state index contributed by atoms with van der Waals surface area (Å²) in [5.41, 5.74) is 0.962. The molecule has 0 atom stereocenters. The predicted molar refractivity (Wildman–Crippen MR) is 67.3 cm³/mol. The van der Waals surface area contributed by atoms with Crippen LogP contribution in [0.4, 0.5) is 0 Å². The number of nitrogens with zero attached hydrogens (tertiary/aromatic N) is 3. The standard InChI is InChI=1S/C11H10ClN3S/c1-2-6-16-11-14-13-8-15(11)10-5-3-4-9(12)7-10/h2-5,7-8H,1,6H2. The second kappa shape index (κ2) is 5.18. The minimum atomic E-state index is 0.700. The Morgan fingerprint density at radius 2 is 2.38 bits per heavy atom. The number of hydrogen-bond acceptors (Lipinski definition) is 3. The van der Waals surface area contributed by atoms with Crippen molar-refractivity contribution >= 4 is 23.4 Å². The van der Waals surface area contributed by atoms with Crippen molar-refractivity contribution in [2.75, 3.05) is 5.75 Å². The summed E-state index contributed by atoms with van der Waals surface area (Å²) in [6, 6.07) is 7.58. The zero-order valence-electron chi connectivity index (χ0n) is 8.51. The summed E-state index contributed by atoms with van der Waals surface area (Å²) in [6.07, 6.45) is 3.51. The van der Waals surface area contributed by atoms with Crippen LogP contribution in [-0.4, -0.2) is 20.5 Å². The first kappa shape index (κ1) is 11.2. The minimum Gasteiger partial charge on any atom is -0.277 e. The number of rotatable bonds is 4. The van der Waals surface area contributed by atoms with Crippen molar-refractivity contribution in [2.45, 2.75) is 5.16 Å². The summed E-state index contributed by atoms with van der Waals surface area (Å²) >= 11 is 7.52. The predicted octanol–water partition coefficient (Wildman–Crippen LogP) is 3.20. The highest BCUT2D eigenvalue weighted by atomic mass is 35.5. The molecule has 0 radical (unpaired) electrons. The highest BCUT2D eigenvalue weighted by molar-refractivity contribution is 7.99. The average molecular weight is 252 g/mol. The van der Waals surface area contributed by atoms with E-state index >= 15 is 0 Å². The monoisotopic (exact) mass is 251 g/mol. The SMILES string of the molecule is C=CCSc1nncn1-c1cccc(Cl)c1. The van der Waals surface area contributed by atoms with Crippen molar-refractivity contribution in [3.05, 3.63) is 48.3 Å². The first-order valence-electron chi connectivity index (χ1n) is 4.71. The van der Waals surface area contributed by atoms with Gasteiger partial charge in [-0.25, -0.2) is 0 Å². The molecule has 0 saturated heterocycles. The van der Waals surface area contributed by atoms with E-state index in [2.05, 4.69) is 16.8 Å². The molecule has 3 nitrogen and oxygen atoms in total. The summed E-state index contributed by atoms with van der Waals surface area (Å²) in [5, 5.41) is 9.48. The molecule has 2 aromatic rings. The van der Waals surface area contributed by atoms with E-state index in [4.69, 9.17) is 11.6 Å². The van der Waals surface area contributed by atoms with Gasteiger partial charge in [-0.1, -0.05) is 35.5 Å². The summed E-state index contributed by atoms with van der Waals surface area (Å²) in [5.74, 6) is 0.805. The molecule has 0 aliphatic rings. The first-order chi connectivity index (χ1) is 7.81. The largest absolute Gasteiger partial charge is 0.277 e. The van der Waals surface area contributed by atoms with Crippen molar-refractivity contribution in [2.24, 2.45) is 0 Å². The number of benzene rings is 1. The number of halogens is 1. The van der Waals surface area contributed by atoms with Crippen LogP contribution in [0.5, 0.6) is 0 Å². The van der Waals surface area contributed by atoms with Crippen molar-refractivity contribution < 1.29 is 0 Å². The van der Waals surface area contributed by atoms with Gasteiger partial charge in [-0.3, -0.25) is 4.57 Å². The van der Waals surface area contributed by atoms with Crippen molar-refractivity contribution in [1.29, 1.82) is 0 Å². The number of hydrogen-bond donors (Lipinski definition) is 0. The second-order valence-electron chi connectivity index (χ2n) is 3.06. The molecule has 0 spiro atoms. The summed E-state index contributed by atoms with van der Waals surface area (Å²) < 4.78 is 1.90. The molecule has 0 amide bonds. The van der Waals surface area contributed by atoms with Crippen LogP contribution in [0.3, 0.4) is 0 Å². The highest BCUT2D eigenvalue weighted by Gasteiger charge is 2.06. The Balaban J connectivity index is 2.32. The molecule has 0 saturated carbocycles. The van der Waals surface area contributed by atoms with Crippen molar-refractivity contribution in [1.82, 2.24) is 14.8 Å². The van der Waals surface area contributed by atoms with Crippen molar-refractivity contribution in [3.63, 3.8) is 0 Å². The van der Waals surface area contributed by atoms with E-state index in [9.17, 15) is 0 Å². The van der Waals surface area contributed by atoms with E-state index in [1.54, 1.807) is 18.1 Å². The van der Waals surface area contributed by atoms with Crippen molar-refractivity contribution in [3.8, 4) is 5.69 Å². The van der Waals surface area contributed by atoms with Crippen LogP contribution in [-0.2, 0) is 0 Å². The summed E-state index contributed by atoms with van der Waals surface area (Å²) in [7, 11) is 0. The molecular formula is C11H10ClN3S. The van der Waals surface area contributed by atoms with Crippen LogP contribution in [0.1, 0.15) is 0 Å². The van der Waals surface area contributed by atoms with Crippen LogP contribution < -0.4 is 0 Å². The fourth-order valence-electron chi connectivity index (χ4n) is 1.26. The summed E-state index contributed by atoms with van der Waals surface area (Å²) in [4.78, 5) is 0. The molecule has 1 aromatic carbocycles. The third-order valence-corrected chi connectivity index (χ3v) is 3.11. The molecule has 82 valence electrons. The van der Waals surface area contributed by atoms with Gasteiger partial charge in [0.25, 0.3) is 0 Å². The zero-order valence-corrected chi connectivity index (χ0v) is 10.1. The zero-order chi connectivity index (χ0) is 11.4. The van der Waals surface area contributed by atoms with Gasteiger partial charge in [-0.15, -0.1) is 16.8 Å². The molecule has 0 N–H and O–H groups in total. The maximum Gasteiger partial charge on any atom is 0.195 e. The van der Waals surface area contributed by atoms with Gasteiger partial charge in [-0.05, 0) is 18.2 Å². The molecule has 0 fully saturated rings. The van der Waals surface area contributed by atoms with Gasteiger partial charge in [0.1, 0.15) is 6.33 Å². The van der Waals surface area contributed by atoms with Gasteiger partial charge < -0.3 is 0 Å². The Kier molecular flexibility index (Phi) is 3.64. The lowest BCUT2D eigenvalue weighted by Gasteiger charge is -2.05. The van der Waals surface area contributed by atoms with Crippen LogP contribution in [0.15, 0.2) is 48.4 Å². The third-order valence-electron chi connectivity index (χ3n) is 1.93. The van der Waals surface area contributed by atoms with Gasteiger partial charge >= 0.3 is 0 Å². The van der Waals surface area contributed by atoms with Gasteiger partial charge in [0.05, 0.1) is 5.69 Å². The Hall–Kier alpha value is -1.26. The second-order valence-corrected chi connectivity index (χ2v) is 4.49. The van der Waals surface area contributed by atoms with E-state index in [1.165, 1.54) is 0 Å². The highest BCUT2D eigenvalue weighted by Crippen LogP contribution is 2.21. The van der Waals surface area contributed by atoms with Crippen LogP contribution in [0, 0.1) is 0 Å². The maximum absolute atomic E-state index is 5.94. The molecule has 0 bridgehead atoms. The van der Waals surface area contributed by atoms with Gasteiger partial charge in [0.15, 0.2) is 5.16 Å². The quantitative estimate of drug-likeness (QED) is 0.618. The first-order valence-corrected chi connectivity index (χ1v) is 6.07. The Bertz CT molecular complexity index is 495. The van der Waals surface area contributed by atoms with Gasteiger partial charge in [-0.2, -0.15) is 0 Å². The molecule has 5 heteroatoms. The van der Waals surface area contributed by atoms with Gasteiger partial charge in [0.2, 0.25) is 0 Å². The lowest BCUT2D eigenvalue weighted by molar-refractivity contribution is 0.885. The molecular weight excluding hydrogens is 242 g/mol. The van der Waals surface area contributed by atoms with Crippen LogP contribution in [0.25, 0.3) is 5.69 Å². The molecule has 0 unspecified atom stereocenters. The molecule has 0 aliphatic heterocycles. The minimum absolute atomic E-state index is 0.700. The normalized spacial score (nSPS) is 10.3. The Morgan fingerprint density at radius 3 is 3.12 bits per heavy atom.